The second kappa shape index (κ2) is 7.36. The van der Waals surface area contributed by atoms with E-state index in [9.17, 15) is 5.11 Å². The highest BCUT2D eigenvalue weighted by molar-refractivity contribution is 5.76. The largest absolute Gasteiger partial charge is 0.505 e. The minimum Gasteiger partial charge on any atom is -0.505 e. The lowest BCUT2D eigenvalue weighted by atomic mass is 9.80. The van der Waals surface area contributed by atoms with Gasteiger partial charge in [0.25, 0.3) is 0 Å². The maximum Gasteiger partial charge on any atom is 0.146 e. The average molecular weight is 396 g/mol. The fraction of sp³-hybridized carbons (Fsp3) is 0.500. The second-order valence-electron chi connectivity index (χ2n) is 9.87. The number of rotatable bonds is 4. The Morgan fingerprint density at radius 1 is 0.966 bits per heavy atom. The number of aromatic hydroxyl groups is 1. The van der Waals surface area contributed by atoms with Crippen LogP contribution in [0.25, 0.3) is 16.7 Å². The van der Waals surface area contributed by atoms with E-state index in [-0.39, 0.29) is 22.7 Å². The third kappa shape index (κ3) is 4.39. The molecule has 0 bridgehead atoms. The van der Waals surface area contributed by atoms with Crippen molar-refractivity contribution >= 4 is 11.0 Å². The van der Waals surface area contributed by atoms with Gasteiger partial charge in [-0.1, -0.05) is 54.5 Å². The lowest BCUT2D eigenvalue weighted by Crippen LogP contribution is -2.18. The highest BCUT2D eigenvalue weighted by atomic mass is 16.5. The van der Waals surface area contributed by atoms with Crippen LogP contribution < -0.4 is 4.74 Å². The smallest absolute Gasteiger partial charge is 0.146 e. The number of hydrogen-bond acceptors (Lipinski definition) is 4. The minimum atomic E-state index is -0.204. The van der Waals surface area contributed by atoms with Crippen molar-refractivity contribution in [1.29, 1.82) is 0 Å². The van der Waals surface area contributed by atoms with Crippen LogP contribution in [0.1, 0.15) is 72.9 Å². The summed E-state index contributed by atoms with van der Waals surface area (Å²) in [6.07, 6.45) is 1.08. The first-order valence-corrected chi connectivity index (χ1v) is 10.3. The van der Waals surface area contributed by atoms with Gasteiger partial charge in [0, 0.05) is 11.6 Å². The van der Waals surface area contributed by atoms with E-state index in [1.807, 2.05) is 31.2 Å². The molecular weight excluding hydrogens is 362 g/mol. The molecule has 3 aromatic rings. The quantitative estimate of drug-likeness (QED) is 0.597. The molecule has 1 N–H and O–H groups in total. The Bertz CT molecular complexity index is 1020. The zero-order chi connectivity index (χ0) is 21.6. The molecule has 5 nitrogen and oxygen atoms in total. The van der Waals surface area contributed by atoms with Crippen molar-refractivity contribution in [1.82, 2.24) is 15.0 Å². The molecule has 1 aromatic heterocycles. The number of benzene rings is 2. The SMILES string of the molecule is CCC(C)Oc1ccc2nn(-c3cc(C(C)(C)C)cc(C(C)(C)C)c3O)nc2c1. The van der Waals surface area contributed by atoms with Gasteiger partial charge in [-0.15, -0.1) is 15.0 Å². The molecule has 1 atom stereocenters. The van der Waals surface area contributed by atoms with Crippen molar-refractivity contribution in [3.63, 3.8) is 0 Å². The molecule has 29 heavy (non-hydrogen) atoms. The molecule has 3 rings (SSSR count). The second-order valence-corrected chi connectivity index (χ2v) is 9.87. The number of fused-ring (bicyclic) bond motifs is 1. The van der Waals surface area contributed by atoms with E-state index >= 15 is 0 Å². The Morgan fingerprint density at radius 3 is 2.21 bits per heavy atom. The first kappa shape index (κ1) is 21.2. The number of phenols is 1. The molecule has 0 fully saturated rings. The average Bonchev–Trinajstić information content (AvgIpc) is 3.02. The third-order valence-corrected chi connectivity index (χ3v) is 5.24. The van der Waals surface area contributed by atoms with Crippen molar-refractivity contribution in [2.24, 2.45) is 0 Å². The molecule has 0 aliphatic rings. The molecule has 0 saturated heterocycles. The van der Waals surface area contributed by atoms with Crippen molar-refractivity contribution < 1.29 is 9.84 Å². The molecular formula is C24H33N3O2. The summed E-state index contributed by atoms with van der Waals surface area (Å²) in [6.45, 7) is 16.9. The number of hydrogen-bond donors (Lipinski definition) is 1. The summed E-state index contributed by atoms with van der Waals surface area (Å²) in [6, 6.07) is 9.81. The minimum absolute atomic E-state index is 0.0632. The fourth-order valence-electron chi connectivity index (χ4n) is 3.17. The summed E-state index contributed by atoms with van der Waals surface area (Å²) in [7, 11) is 0. The molecule has 156 valence electrons. The molecule has 0 radical (unpaired) electrons. The van der Waals surface area contributed by atoms with Crippen LogP contribution in [-0.4, -0.2) is 26.2 Å². The first-order chi connectivity index (χ1) is 13.4. The number of nitrogens with zero attached hydrogens (tertiary/aromatic N) is 3. The van der Waals surface area contributed by atoms with Gasteiger partial charge in [-0.25, -0.2) is 0 Å². The van der Waals surface area contributed by atoms with E-state index in [1.165, 1.54) is 4.80 Å². The van der Waals surface area contributed by atoms with Crippen LogP contribution in [0.5, 0.6) is 11.5 Å². The molecule has 0 saturated carbocycles. The van der Waals surface area contributed by atoms with Gasteiger partial charge in [-0.2, -0.15) is 0 Å². The van der Waals surface area contributed by atoms with Crippen molar-refractivity contribution in [3.05, 3.63) is 41.5 Å². The summed E-state index contributed by atoms with van der Waals surface area (Å²) in [5.41, 5.74) is 3.86. The number of aromatic nitrogens is 3. The monoisotopic (exact) mass is 395 g/mol. The Morgan fingerprint density at radius 2 is 1.62 bits per heavy atom. The maximum atomic E-state index is 11.1. The summed E-state index contributed by atoms with van der Waals surface area (Å²) < 4.78 is 5.91. The normalized spacial score (nSPS) is 13.7. The standard InChI is InChI=1S/C24H33N3O2/c1-9-15(2)29-17-10-11-19-20(14-17)26-27(25-19)21-13-16(23(3,4)5)12-18(22(21)28)24(6,7)8/h10-15,28H,9H2,1-8H3. The highest BCUT2D eigenvalue weighted by Crippen LogP contribution is 2.39. The number of ether oxygens (including phenoxy) is 1. The van der Waals surface area contributed by atoms with Gasteiger partial charge in [-0.3, -0.25) is 0 Å². The van der Waals surface area contributed by atoms with E-state index < -0.39 is 0 Å². The van der Waals surface area contributed by atoms with Crippen LogP contribution in [0.4, 0.5) is 0 Å². The van der Waals surface area contributed by atoms with Crippen LogP contribution in [0.3, 0.4) is 0 Å². The molecule has 0 aliphatic carbocycles. The zero-order valence-electron chi connectivity index (χ0n) is 18.9. The molecule has 5 heteroatoms. The van der Waals surface area contributed by atoms with Gasteiger partial charge >= 0.3 is 0 Å². The molecule has 2 aromatic carbocycles. The molecule has 1 unspecified atom stereocenters. The fourth-order valence-corrected chi connectivity index (χ4v) is 3.17. The van der Waals surface area contributed by atoms with Crippen molar-refractivity contribution in [2.45, 2.75) is 78.7 Å². The summed E-state index contributed by atoms with van der Waals surface area (Å²) in [4.78, 5) is 1.54. The van der Waals surface area contributed by atoms with Crippen molar-refractivity contribution in [3.8, 4) is 17.2 Å². The molecule has 1 heterocycles. The predicted molar refractivity (Wildman–Crippen MR) is 118 cm³/mol. The summed E-state index contributed by atoms with van der Waals surface area (Å²) in [5, 5.41) is 20.3. The first-order valence-electron chi connectivity index (χ1n) is 10.3. The molecule has 0 spiro atoms. The molecule has 0 amide bonds. The van der Waals surface area contributed by atoms with Gasteiger partial charge in [0.15, 0.2) is 0 Å². The lowest BCUT2D eigenvalue weighted by molar-refractivity contribution is 0.217. The van der Waals surface area contributed by atoms with Crippen LogP contribution in [0.15, 0.2) is 30.3 Å². The van der Waals surface area contributed by atoms with Gasteiger partial charge in [0.05, 0.1) is 6.10 Å². The van der Waals surface area contributed by atoms with E-state index in [0.29, 0.717) is 5.69 Å². The third-order valence-electron chi connectivity index (χ3n) is 5.24. The van der Waals surface area contributed by atoms with E-state index in [2.05, 4.69) is 64.7 Å². The Kier molecular flexibility index (Phi) is 5.37. The van der Waals surface area contributed by atoms with Gasteiger partial charge in [0.2, 0.25) is 0 Å². The molecule has 0 aliphatic heterocycles. The van der Waals surface area contributed by atoms with Crippen LogP contribution >= 0.6 is 0 Å². The Hall–Kier alpha value is -2.56. The highest BCUT2D eigenvalue weighted by Gasteiger charge is 2.26. The van der Waals surface area contributed by atoms with Crippen LogP contribution in [0, 0.1) is 0 Å². The predicted octanol–water partition coefficient (Wildman–Crippen LogP) is 5.90. The maximum absolute atomic E-state index is 11.1. The van der Waals surface area contributed by atoms with Crippen LogP contribution in [0.2, 0.25) is 0 Å². The van der Waals surface area contributed by atoms with Crippen LogP contribution in [-0.2, 0) is 10.8 Å². The Balaban J connectivity index is 2.15. The summed E-state index contributed by atoms with van der Waals surface area (Å²) in [5.74, 6) is 1.00. The topological polar surface area (TPSA) is 60.2 Å². The van der Waals surface area contributed by atoms with Gasteiger partial charge in [0.1, 0.15) is 28.2 Å². The van der Waals surface area contributed by atoms with E-state index in [1.54, 1.807) is 0 Å². The number of phenolic OH excluding ortho intramolecular Hbond substituents is 1. The van der Waals surface area contributed by atoms with Gasteiger partial charge in [-0.05, 0) is 47.9 Å². The van der Waals surface area contributed by atoms with Gasteiger partial charge < -0.3 is 9.84 Å². The van der Waals surface area contributed by atoms with E-state index in [4.69, 9.17) is 4.74 Å². The van der Waals surface area contributed by atoms with Crippen molar-refractivity contribution in [2.75, 3.05) is 0 Å². The zero-order valence-corrected chi connectivity index (χ0v) is 18.9. The lowest BCUT2D eigenvalue weighted by Gasteiger charge is -2.27. The van der Waals surface area contributed by atoms with E-state index in [0.717, 1.165) is 34.3 Å². The Labute approximate surface area is 173 Å². The summed E-state index contributed by atoms with van der Waals surface area (Å²) >= 11 is 0.